The van der Waals surface area contributed by atoms with E-state index >= 15 is 0 Å². The molecule has 0 spiro atoms. The van der Waals surface area contributed by atoms with Gasteiger partial charge in [0.05, 0.1) is 11.6 Å². The molecule has 0 unspecified atom stereocenters. The van der Waals surface area contributed by atoms with Crippen LogP contribution in [0.4, 0.5) is 0 Å². The molecule has 1 N–H and O–H groups in total. The number of benzene rings is 1. The summed E-state index contributed by atoms with van der Waals surface area (Å²) in [6.45, 7) is 1.59. The molecule has 1 saturated heterocycles. The molecule has 4 rings (SSSR count). The van der Waals surface area contributed by atoms with E-state index in [0.717, 1.165) is 17.7 Å². The molecule has 0 bridgehead atoms. The lowest BCUT2D eigenvalue weighted by molar-refractivity contribution is -0.138. The van der Waals surface area contributed by atoms with Crippen molar-refractivity contribution in [1.82, 2.24) is 24.6 Å². The fourth-order valence-electron chi connectivity index (χ4n) is 3.72. The SMILES string of the molecule is O=C(NCCc1cn2cccnc2n1)[C@H]1CCC(=O)N(CCc2ccc(Cl)cc2)C1. The highest BCUT2D eigenvalue weighted by atomic mass is 35.5. The van der Waals surface area contributed by atoms with Crippen LogP contribution < -0.4 is 5.32 Å². The van der Waals surface area contributed by atoms with E-state index in [-0.39, 0.29) is 17.7 Å². The second kappa shape index (κ2) is 9.26. The Bertz CT molecular complexity index is 1000. The molecule has 2 amide bonds. The fraction of sp³-hybridized carbons (Fsp3) is 0.364. The lowest BCUT2D eigenvalue weighted by Gasteiger charge is -2.32. The van der Waals surface area contributed by atoms with Crippen LogP contribution in [-0.2, 0) is 22.4 Å². The molecular weight excluding hydrogens is 402 g/mol. The number of piperidine rings is 1. The molecule has 8 heteroatoms. The number of amides is 2. The van der Waals surface area contributed by atoms with Gasteiger partial charge in [0.25, 0.3) is 0 Å². The number of hydrogen-bond donors (Lipinski definition) is 1. The van der Waals surface area contributed by atoms with Crippen molar-refractivity contribution in [3.05, 3.63) is 65.2 Å². The van der Waals surface area contributed by atoms with Crippen LogP contribution in [0.3, 0.4) is 0 Å². The van der Waals surface area contributed by atoms with Crippen molar-refractivity contribution in [2.45, 2.75) is 25.7 Å². The van der Waals surface area contributed by atoms with E-state index in [1.807, 2.05) is 47.1 Å². The topological polar surface area (TPSA) is 79.6 Å². The van der Waals surface area contributed by atoms with Crippen molar-refractivity contribution >= 4 is 29.2 Å². The zero-order chi connectivity index (χ0) is 20.9. The van der Waals surface area contributed by atoms with E-state index in [0.29, 0.717) is 49.7 Å². The highest BCUT2D eigenvalue weighted by molar-refractivity contribution is 6.30. The van der Waals surface area contributed by atoms with Crippen LogP contribution in [0.1, 0.15) is 24.1 Å². The number of hydrogen-bond acceptors (Lipinski definition) is 4. The van der Waals surface area contributed by atoms with Gasteiger partial charge in [-0.2, -0.15) is 0 Å². The number of nitrogens with zero attached hydrogens (tertiary/aromatic N) is 4. The summed E-state index contributed by atoms with van der Waals surface area (Å²) < 4.78 is 1.86. The standard InChI is InChI=1S/C22H24ClN5O2/c23-18-5-2-16(3-6-18)9-13-27-14-17(4-7-20(27)29)21(30)24-11-8-19-15-28-12-1-10-25-22(28)26-19/h1-3,5-6,10,12,15,17H,4,7-9,11,13-14H2,(H,24,30)/t17-/m0/s1. The second-order valence-electron chi connectivity index (χ2n) is 7.55. The molecule has 2 aromatic heterocycles. The number of halogens is 1. The number of rotatable bonds is 7. The minimum Gasteiger partial charge on any atom is -0.355 e. The number of fused-ring (bicyclic) bond motifs is 1. The van der Waals surface area contributed by atoms with Crippen LogP contribution in [-0.4, -0.2) is 50.7 Å². The van der Waals surface area contributed by atoms with Crippen molar-refractivity contribution in [1.29, 1.82) is 0 Å². The predicted octanol–water partition coefficient (Wildman–Crippen LogP) is 2.52. The van der Waals surface area contributed by atoms with E-state index in [4.69, 9.17) is 11.6 Å². The van der Waals surface area contributed by atoms with Crippen LogP contribution in [0.15, 0.2) is 48.9 Å². The number of aromatic nitrogens is 3. The molecule has 0 aliphatic carbocycles. The Labute approximate surface area is 180 Å². The zero-order valence-electron chi connectivity index (χ0n) is 16.6. The summed E-state index contributed by atoms with van der Waals surface area (Å²) in [6.07, 6.45) is 7.93. The molecule has 1 aliphatic rings. The van der Waals surface area contributed by atoms with Gasteiger partial charge in [-0.15, -0.1) is 0 Å². The highest BCUT2D eigenvalue weighted by Crippen LogP contribution is 2.19. The summed E-state index contributed by atoms with van der Waals surface area (Å²) in [5.74, 6) is 0.600. The van der Waals surface area contributed by atoms with Gasteiger partial charge in [0.2, 0.25) is 17.6 Å². The smallest absolute Gasteiger partial charge is 0.233 e. The monoisotopic (exact) mass is 425 g/mol. The van der Waals surface area contributed by atoms with Crippen molar-refractivity contribution in [3.8, 4) is 0 Å². The number of nitrogens with one attached hydrogen (secondary N) is 1. The van der Waals surface area contributed by atoms with E-state index in [2.05, 4.69) is 15.3 Å². The first-order chi connectivity index (χ1) is 14.6. The lowest BCUT2D eigenvalue weighted by Crippen LogP contribution is -2.46. The molecule has 1 aromatic carbocycles. The first kappa shape index (κ1) is 20.3. The first-order valence-electron chi connectivity index (χ1n) is 10.2. The van der Waals surface area contributed by atoms with Gasteiger partial charge < -0.3 is 10.2 Å². The molecule has 0 radical (unpaired) electrons. The summed E-state index contributed by atoms with van der Waals surface area (Å²) in [6, 6.07) is 9.49. The van der Waals surface area contributed by atoms with Crippen LogP contribution in [0, 0.1) is 5.92 Å². The molecule has 1 fully saturated rings. The molecule has 1 aliphatic heterocycles. The summed E-state index contributed by atoms with van der Waals surface area (Å²) in [5.41, 5.74) is 2.01. The normalized spacial score (nSPS) is 16.8. The maximum Gasteiger partial charge on any atom is 0.233 e. The van der Waals surface area contributed by atoms with Crippen molar-refractivity contribution in [2.75, 3.05) is 19.6 Å². The highest BCUT2D eigenvalue weighted by Gasteiger charge is 2.29. The fourth-order valence-corrected chi connectivity index (χ4v) is 3.84. The first-order valence-corrected chi connectivity index (χ1v) is 10.5. The van der Waals surface area contributed by atoms with Gasteiger partial charge in [-0.3, -0.25) is 14.0 Å². The molecule has 7 nitrogen and oxygen atoms in total. The average molecular weight is 426 g/mol. The number of imidazole rings is 1. The average Bonchev–Trinajstić information content (AvgIpc) is 3.17. The van der Waals surface area contributed by atoms with Crippen LogP contribution in [0.25, 0.3) is 5.78 Å². The van der Waals surface area contributed by atoms with E-state index < -0.39 is 0 Å². The largest absolute Gasteiger partial charge is 0.355 e. The van der Waals surface area contributed by atoms with Crippen LogP contribution >= 0.6 is 11.6 Å². The van der Waals surface area contributed by atoms with Gasteiger partial charge in [-0.1, -0.05) is 23.7 Å². The maximum atomic E-state index is 12.6. The molecule has 156 valence electrons. The Hall–Kier alpha value is -2.93. The quantitative estimate of drug-likeness (QED) is 0.630. The minimum absolute atomic E-state index is 0.000817. The van der Waals surface area contributed by atoms with Crippen LogP contribution in [0.2, 0.25) is 5.02 Å². The van der Waals surface area contributed by atoms with Crippen LogP contribution in [0.5, 0.6) is 0 Å². The molecule has 3 heterocycles. The van der Waals surface area contributed by atoms with Crippen molar-refractivity contribution in [2.24, 2.45) is 5.92 Å². The molecule has 1 atom stereocenters. The van der Waals surface area contributed by atoms with Gasteiger partial charge in [0.15, 0.2) is 0 Å². The van der Waals surface area contributed by atoms with E-state index in [9.17, 15) is 9.59 Å². The summed E-state index contributed by atoms with van der Waals surface area (Å²) in [5, 5.41) is 3.70. The number of carbonyl (C=O) groups is 2. The number of likely N-dealkylation sites (tertiary alicyclic amines) is 1. The van der Waals surface area contributed by atoms with Gasteiger partial charge in [0.1, 0.15) is 0 Å². The van der Waals surface area contributed by atoms with Gasteiger partial charge >= 0.3 is 0 Å². The summed E-state index contributed by atoms with van der Waals surface area (Å²) >= 11 is 5.92. The van der Waals surface area contributed by atoms with Crippen molar-refractivity contribution < 1.29 is 9.59 Å². The lowest BCUT2D eigenvalue weighted by atomic mass is 9.96. The van der Waals surface area contributed by atoms with E-state index in [1.165, 1.54) is 0 Å². The Morgan fingerprint density at radius 2 is 2.07 bits per heavy atom. The third-order valence-corrected chi connectivity index (χ3v) is 5.67. The third-order valence-electron chi connectivity index (χ3n) is 5.42. The third kappa shape index (κ3) is 4.97. The molecule has 0 saturated carbocycles. The molecular formula is C22H24ClN5O2. The zero-order valence-corrected chi connectivity index (χ0v) is 17.4. The maximum absolute atomic E-state index is 12.6. The Morgan fingerprint density at radius 1 is 1.23 bits per heavy atom. The second-order valence-corrected chi connectivity index (χ2v) is 7.99. The van der Waals surface area contributed by atoms with E-state index in [1.54, 1.807) is 11.1 Å². The molecule has 3 aromatic rings. The Kier molecular flexibility index (Phi) is 6.28. The summed E-state index contributed by atoms with van der Waals surface area (Å²) in [4.78, 5) is 35.3. The van der Waals surface area contributed by atoms with Gasteiger partial charge in [0, 0.05) is 56.1 Å². The van der Waals surface area contributed by atoms with Gasteiger partial charge in [-0.25, -0.2) is 9.97 Å². The predicted molar refractivity (Wildman–Crippen MR) is 114 cm³/mol. The van der Waals surface area contributed by atoms with Crippen molar-refractivity contribution in [3.63, 3.8) is 0 Å². The minimum atomic E-state index is -0.171. The summed E-state index contributed by atoms with van der Waals surface area (Å²) in [7, 11) is 0. The molecule has 30 heavy (non-hydrogen) atoms. The Morgan fingerprint density at radius 3 is 2.87 bits per heavy atom. The Balaban J connectivity index is 1.26. The van der Waals surface area contributed by atoms with Gasteiger partial charge in [-0.05, 0) is 36.6 Å². The number of carbonyl (C=O) groups excluding carboxylic acids is 2.